The van der Waals surface area contributed by atoms with Gasteiger partial charge < -0.3 is 14.7 Å². The van der Waals surface area contributed by atoms with Gasteiger partial charge in [0.05, 0.1) is 12.5 Å². The molecule has 1 aromatic heterocycles. The summed E-state index contributed by atoms with van der Waals surface area (Å²) >= 11 is 0. The van der Waals surface area contributed by atoms with E-state index in [1.54, 1.807) is 18.3 Å². The van der Waals surface area contributed by atoms with Gasteiger partial charge in [0.1, 0.15) is 5.75 Å². The number of hydrogen-bond acceptors (Lipinski definition) is 6. The average Bonchev–Trinajstić information content (AvgIpc) is 3.01. The molecule has 0 spiro atoms. The molecule has 2 atom stereocenters. The Balaban J connectivity index is 1.80. The second-order valence-corrected chi connectivity index (χ2v) is 6.39. The monoisotopic (exact) mass is 341 g/mol. The number of aryl methyl sites for hydroxylation is 1. The van der Waals surface area contributed by atoms with Crippen molar-refractivity contribution >= 4 is 11.9 Å². The highest BCUT2D eigenvalue weighted by molar-refractivity contribution is 5.74. The van der Waals surface area contributed by atoms with E-state index in [9.17, 15) is 9.90 Å². The van der Waals surface area contributed by atoms with Gasteiger partial charge in [0.2, 0.25) is 5.95 Å². The minimum absolute atomic E-state index is 0.118. The van der Waals surface area contributed by atoms with Gasteiger partial charge in [-0.15, -0.1) is 0 Å². The molecule has 25 heavy (non-hydrogen) atoms. The molecule has 2 aromatic rings. The number of anilines is 1. The number of benzene rings is 1. The molecule has 1 N–H and O–H groups in total. The van der Waals surface area contributed by atoms with Gasteiger partial charge >= 0.3 is 5.97 Å². The van der Waals surface area contributed by atoms with E-state index in [-0.39, 0.29) is 23.6 Å². The molecule has 132 valence electrons. The third-order valence-electron chi connectivity index (χ3n) is 4.53. The van der Waals surface area contributed by atoms with Gasteiger partial charge in [-0.05, 0) is 49.9 Å². The molecule has 0 aliphatic carbocycles. The second kappa shape index (κ2) is 7.51. The Labute approximate surface area is 147 Å². The molecule has 2 heterocycles. The number of phenols is 1. The Morgan fingerprint density at radius 2 is 2.04 bits per heavy atom. The summed E-state index contributed by atoms with van der Waals surface area (Å²) in [6, 6.07) is 8.99. The summed E-state index contributed by atoms with van der Waals surface area (Å²) in [7, 11) is 0. The van der Waals surface area contributed by atoms with E-state index in [2.05, 4.69) is 14.9 Å². The van der Waals surface area contributed by atoms with Crippen LogP contribution in [0.4, 0.5) is 5.95 Å². The molecule has 6 heteroatoms. The zero-order valence-electron chi connectivity index (χ0n) is 14.6. The Morgan fingerprint density at radius 3 is 2.72 bits per heavy atom. The first-order valence-corrected chi connectivity index (χ1v) is 8.56. The standard InChI is InChI=1S/C19H23N3O3/c1-3-25-18(24)17-12-22(19-20-9-8-13(2)21-19)11-15(17)10-14-4-6-16(23)7-5-14/h4-9,15,17,23H,3,10-12H2,1-2H3/t15?,17-/m0/s1. The molecule has 1 unspecified atom stereocenters. The number of rotatable bonds is 5. The van der Waals surface area contributed by atoms with Crippen LogP contribution in [-0.2, 0) is 16.0 Å². The van der Waals surface area contributed by atoms with Gasteiger partial charge in [0, 0.05) is 25.0 Å². The lowest BCUT2D eigenvalue weighted by atomic mass is 9.90. The van der Waals surface area contributed by atoms with Crippen LogP contribution in [0.3, 0.4) is 0 Å². The molecule has 3 rings (SSSR count). The molecular formula is C19H23N3O3. The molecule has 1 fully saturated rings. The number of carbonyl (C=O) groups is 1. The zero-order valence-corrected chi connectivity index (χ0v) is 14.6. The van der Waals surface area contributed by atoms with Crippen molar-refractivity contribution < 1.29 is 14.6 Å². The first-order valence-electron chi connectivity index (χ1n) is 8.56. The quantitative estimate of drug-likeness (QED) is 0.842. The summed E-state index contributed by atoms with van der Waals surface area (Å²) in [4.78, 5) is 23.3. The van der Waals surface area contributed by atoms with Crippen molar-refractivity contribution in [3.05, 3.63) is 47.8 Å². The number of aromatic nitrogens is 2. The second-order valence-electron chi connectivity index (χ2n) is 6.39. The highest BCUT2D eigenvalue weighted by Gasteiger charge is 2.39. The van der Waals surface area contributed by atoms with E-state index in [4.69, 9.17) is 4.74 Å². The van der Waals surface area contributed by atoms with E-state index in [0.29, 0.717) is 25.6 Å². The minimum atomic E-state index is -0.210. The van der Waals surface area contributed by atoms with Crippen LogP contribution in [0.2, 0.25) is 0 Å². The van der Waals surface area contributed by atoms with Crippen molar-refractivity contribution in [2.24, 2.45) is 11.8 Å². The predicted molar refractivity (Wildman–Crippen MR) is 94.4 cm³/mol. The van der Waals surface area contributed by atoms with Gasteiger partial charge in [-0.3, -0.25) is 4.79 Å². The Morgan fingerprint density at radius 1 is 1.28 bits per heavy atom. The fourth-order valence-corrected chi connectivity index (χ4v) is 3.28. The SMILES string of the molecule is CCOC(=O)[C@H]1CN(c2nccc(C)n2)CC1Cc1ccc(O)cc1. The molecule has 6 nitrogen and oxygen atoms in total. The minimum Gasteiger partial charge on any atom is -0.508 e. The van der Waals surface area contributed by atoms with Gasteiger partial charge in [-0.25, -0.2) is 9.97 Å². The normalized spacial score (nSPS) is 19.8. The molecule has 0 radical (unpaired) electrons. The van der Waals surface area contributed by atoms with Crippen molar-refractivity contribution in [2.45, 2.75) is 20.3 Å². The maximum absolute atomic E-state index is 12.4. The average molecular weight is 341 g/mol. The Kier molecular flexibility index (Phi) is 5.16. The summed E-state index contributed by atoms with van der Waals surface area (Å²) in [5.74, 6) is 0.640. The van der Waals surface area contributed by atoms with Crippen LogP contribution in [-0.4, -0.2) is 40.7 Å². The predicted octanol–water partition coefficient (Wildman–Crippen LogP) is 2.35. The highest BCUT2D eigenvalue weighted by Crippen LogP contribution is 2.30. The lowest BCUT2D eigenvalue weighted by molar-refractivity contribution is -0.148. The Bertz CT molecular complexity index is 733. The highest BCUT2D eigenvalue weighted by atomic mass is 16.5. The lowest BCUT2D eigenvalue weighted by Crippen LogP contribution is -2.27. The number of esters is 1. The zero-order chi connectivity index (χ0) is 17.8. The summed E-state index contributed by atoms with van der Waals surface area (Å²) in [5, 5.41) is 9.45. The molecule has 1 aromatic carbocycles. The van der Waals surface area contributed by atoms with Gasteiger partial charge in [-0.2, -0.15) is 0 Å². The van der Waals surface area contributed by atoms with Crippen molar-refractivity contribution in [3.63, 3.8) is 0 Å². The number of phenolic OH excluding ortho intramolecular Hbond substituents is 1. The summed E-state index contributed by atoms with van der Waals surface area (Å²) in [5.41, 5.74) is 1.99. The van der Waals surface area contributed by atoms with Crippen LogP contribution in [0.1, 0.15) is 18.2 Å². The smallest absolute Gasteiger partial charge is 0.311 e. The largest absolute Gasteiger partial charge is 0.508 e. The molecule has 1 aliphatic heterocycles. The fourth-order valence-electron chi connectivity index (χ4n) is 3.28. The maximum Gasteiger partial charge on any atom is 0.311 e. The van der Waals surface area contributed by atoms with Crippen LogP contribution in [0.15, 0.2) is 36.5 Å². The topological polar surface area (TPSA) is 75.5 Å². The number of nitrogens with zero attached hydrogens (tertiary/aromatic N) is 3. The third kappa shape index (κ3) is 4.07. The fraction of sp³-hybridized carbons (Fsp3) is 0.421. The molecule has 0 bridgehead atoms. The van der Waals surface area contributed by atoms with E-state index < -0.39 is 0 Å². The molecule has 0 saturated carbocycles. The van der Waals surface area contributed by atoms with Crippen LogP contribution in [0.25, 0.3) is 0 Å². The van der Waals surface area contributed by atoms with Crippen molar-refractivity contribution in [1.29, 1.82) is 0 Å². The van der Waals surface area contributed by atoms with Crippen LogP contribution >= 0.6 is 0 Å². The first kappa shape index (κ1) is 17.2. The summed E-state index contributed by atoms with van der Waals surface area (Å²) < 4.78 is 5.27. The van der Waals surface area contributed by atoms with E-state index in [1.165, 1.54) is 0 Å². The van der Waals surface area contributed by atoms with E-state index in [0.717, 1.165) is 17.7 Å². The number of hydrogen-bond donors (Lipinski definition) is 1. The van der Waals surface area contributed by atoms with E-state index in [1.807, 2.05) is 32.0 Å². The van der Waals surface area contributed by atoms with Crippen molar-refractivity contribution in [1.82, 2.24) is 9.97 Å². The van der Waals surface area contributed by atoms with Gasteiger partial charge in [-0.1, -0.05) is 12.1 Å². The summed E-state index contributed by atoms with van der Waals surface area (Å²) in [6.07, 6.45) is 2.48. The number of ether oxygens (including phenoxy) is 1. The number of aromatic hydroxyl groups is 1. The molecule has 1 saturated heterocycles. The van der Waals surface area contributed by atoms with Crippen LogP contribution in [0, 0.1) is 18.8 Å². The maximum atomic E-state index is 12.4. The van der Waals surface area contributed by atoms with Crippen LogP contribution in [0.5, 0.6) is 5.75 Å². The first-order chi connectivity index (χ1) is 12.1. The van der Waals surface area contributed by atoms with Gasteiger partial charge in [0.25, 0.3) is 0 Å². The number of carbonyl (C=O) groups excluding carboxylic acids is 1. The van der Waals surface area contributed by atoms with Crippen molar-refractivity contribution in [3.8, 4) is 5.75 Å². The Hall–Kier alpha value is -2.63. The van der Waals surface area contributed by atoms with Crippen LogP contribution < -0.4 is 4.90 Å². The third-order valence-corrected chi connectivity index (χ3v) is 4.53. The summed E-state index contributed by atoms with van der Waals surface area (Å²) in [6.45, 7) is 5.39. The van der Waals surface area contributed by atoms with Crippen molar-refractivity contribution in [2.75, 3.05) is 24.6 Å². The molecular weight excluding hydrogens is 318 g/mol. The lowest BCUT2D eigenvalue weighted by Gasteiger charge is -2.16. The van der Waals surface area contributed by atoms with Gasteiger partial charge in [0.15, 0.2) is 0 Å². The van der Waals surface area contributed by atoms with E-state index >= 15 is 0 Å². The molecule has 0 amide bonds. The molecule has 1 aliphatic rings.